The van der Waals surface area contributed by atoms with Crippen molar-refractivity contribution in [2.75, 3.05) is 0 Å². The third-order valence-corrected chi connectivity index (χ3v) is 11.7. The number of hydrogen-bond acceptors (Lipinski definition) is 9. The number of carbonyl (C=O) groups is 2. The van der Waals surface area contributed by atoms with Gasteiger partial charge in [0.15, 0.2) is 0 Å². The van der Waals surface area contributed by atoms with Crippen molar-refractivity contribution in [3.8, 4) is 0 Å². The smallest absolute Gasteiger partial charge is 0.303 e. The maximum atomic E-state index is 12.0. The van der Waals surface area contributed by atoms with E-state index in [1.807, 2.05) is 20.8 Å². The second-order valence-corrected chi connectivity index (χ2v) is 15.9. The maximum absolute atomic E-state index is 12.0. The third kappa shape index (κ3) is 7.68. The van der Waals surface area contributed by atoms with Crippen LogP contribution in [0.25, 0.3) is 0 Å². The zero-order valence-corrected chi connectivity index (χ0v) is 29.0. The quantitative estimate of drug-likeness (QED) is 0.197. The predicted octanol–water partition coefficient (Wildman–Crippen LogP) is 5.71. The summed E-state index contributed by atoms with van der Waals surface area (Å²) in [6.07, 6.45) is 7.08. The van der Waals surface area contributed by atoms with Gasteiger partial charge >= 0.3 is 11.9 Å². The van der Waals surface area contributed by atoms with Crippen molar-refractivity contribution in [2.45, 2.75) is 183 Å². The van der Waals surface area contributed by atoms with Crippen LogP contribution in [-0.2, 0) is 38.0 Å². The SMILES string of the molecule is CC(=O)O[C@@H](/C=C/C(O)[C@H]1CC[C@H]2O[C@@H]([C@]3(C)CC[C@@H](Br)C(C)(C)O3)CC[C@]2(C)O1)[C@@]1(C)CC[C@H](C(C)(C)OC(C)=O)O1. The summed E-state index contributed by atoms with van der Waals surface area (Å²) in [5, 5.41) is 11.2. The molecule has 0 bridgehead atoms. The Morgan fingerprint density at radius 1 is 0.884 bits per heavy atom. The fraction of sp³-hybridized carbons (Fsp3) is 0.879. The Morgan fingerprint density at radius 3 is 2.16 bits per heavy atom. The average Bonchev–Trinajstić information content (AvgIpc) is 3.31. The van der Waals surface area contributed by atoms with Gasteiger partial charge in [-0.2, -0.15) is 0 Å². The summed E-state index contributed by atoms with van der Waals surface area (Å²) in [5.41, 5.74) is -2.82. The predicted molar refractivity (Wildman–Crippen MR) is 165 cm³/mol. The molecule has 0 radical (unpaired) electrons. The van der Waals surface area contributed by atoms with Crippen LogP contribution < -0.4 is 0 Å². The Labute approximate surface area is 265 Å². The van der Waals surface area contributed by atoms with E-state index >= 15 is 0 Å². The van der Waals surface area contributed by atoms with Gasteiger partial charge < -0.3 is 33.5 Å². The van der Waals surface area contributed by atoms with Crippen LogP contribution in [0.2, 0.25) is 0 Å². The number of rotatable bonds is 8. The van der Waals surface area contributed by atoms with Crippen LogP contribution in [0.3, 0.4) is 0 Å². The van der Waals surface area contributed by atoms with Gasteiger partial charge in [-0.3, -0.25) is 9.59 Å². The second-order valence-electron chi connectivity index (χ2n) is 14.8. The normalized spacial score (nSPS) is 41.3. The summed E-state index contributed by atoms with van der Waals surface area (Å²) in [5.74, 6) is -0.821. The summed E-state index contributed by atoms with van der Waals surface area (Å²) < 4.78 is 37.5. The zero-order valence-electron chi connectivity index (χ0n) is 27.4. The van der Waals surface area contributed by atoms with Crippen LogP contribution in [-0.4, -0.2) is 86.5 Å². The molecule has 0 aliphatic carbocycles. The highest BCUT2D eigenvalue weighted by Gasteiger charge is 2.54. The van der Waals surface area contributed by atoms with Crippen LogP contribution in [0.4, 0.5) is 0 Å². The topological polar surface area (TPSA) is 110 Å². The number of esters is 2. The van der Waals surface area contributed by atoms with Gasteiger partial charge in [0.05, 0.1) is 47.3 Å². The van der Waals surface area contributed by atoms with Gasteiger partial charge in [-0.25, -0.2) is 0 Å². The Morgan fingerprint density at radius 2 is 1.53 bits per heavy atom. The molecule has 43 heavy (non-hydrogen) atoms. The van der Waals surface area contributed by atoms with E-state index in [0.717, 1.165) is 32.1 Å². The highest BCUT2D eigenvalue weighted by molar-refractivity contribution is 9.09. The summed E-state index contributed by atoms with van der Waals surface area (Å²) in [6.45, 7) is 16.8. The molecule has 10 atom stereocenters. The molecule has 0 aromatic heterocycles. The number of aliphatic hydroxyl groups is 1. The minimum Gasteiger partial charge on any atom is -0.457 e. The Balaban J connectivity index is 1.39. The average molecular weight is 674 g/mol. The first-order chi connectivity index (χ1) is 19.8. The van der Waals surface area contributed by atoms with E-state index in [1.54, 1.807) is 12.2 Å². The molecule has 4 fully saturated rings. The largest absolute Gasteiger partial charge is 0.457 e. The summed E-state index contributed by atoms with van der Waals surface area (Å²) in [4.78, 5) is 24.0. The highest BCUT2D eigenvalue weighted by atomic mass is 79.9. The lowest BCUT2D eigenvalue weighted by Gasteiger charge is -2.55. The van der Waals surface area contributed by atoms with Crippen molar-refractivity contribution in [3.63, 3.8) is 0 Å². The molecule has 0 aromatic carbocycles. The Bertz CT molecular complexity index is 1060. The van der Waals surface area contributed by atoms with Crippen molar-refractivity contribution in [2.24, 2.45) is 0 Å². The molecular formula is C33H53BrO9. The monoisotopic (exact) mass is 672 g/mol. The molecule has 1 N–H and O–H groups in total. The van der Waals surface area contributed by atoms with Crippen LogP contribution in [0.15, 0.2) is 12.2 Å². The number of hydrogen-bond donors (Lipinski definition) is 1. The summed E-state index contributed by atoms with van der Waals surface area (Å²) >= 11 is 3.78. The van der Waals surface area contributed by atoms with Gasteiger partial charge in [-0.15, -0.1) is 0 Å². The van der Waals surface area contributed by atoms with Crippen molar-refractivity contribution >= 4 is 27.9 Å². The molecular weight excluding hydrogens is 620 g/mol. The zero-order chi connectivity index (χ0) is 32.0. The number of halogens is 1. The lowest BCUT2D eigenvalue weighted by molar-refractivity contribution is -0.292. The number of alkyl halides is 1. The molecule has 4 rings (SSSR count). The molecule has 0 saturated carbocycles. The molecule has 246 valence electrons. The third-order valence-electron chi connectivity index (χ3n) is 10.1. The van der Waals surface area contributed by atoms with Gasteiger partial charge in [0.25, 0.3) is 0 Å². The summed E-state index contributed by atoms with van der Waals surface area (Å²) in [6, 6.07) is 0. The first-order valence-corrected chi connectivity index (χ1v) is 16.8. The van der Waals surface area contributed by atoms with E-state index in [-0.39, 0.29) is 35.5 Å². The molecule has 9 nitrogen and oxygen atoms in total. The summed E-state index contributed by atoms with van der Waals surface area (Å²) in [7, 11) is 0. The van der Waals surface area contributed by atoms with Gasteiger partial charge in [-0.1, -0.05) is 22.0 Å². The van der Waals surface area contributed by atoms with E-state index < -0.39 is 41.1 Å². The van der Waals surface area contributed by atoms with E-state index in [0.29, 0.717) is 24.1 Å². The minimum absolute atomic E-state index is 0.0129. The Kier molecular flexibility index (Phi) is 10.2. The number of fused-ring (bicyclic) bond motifs is 1. The van der Waals surface area contributed by atoms with E-state index in [2.05, 4.69) is 43.6 Å². The highest BCUT2D eigenvalue weighted by Crippen LogP contribution is 2.48. The van der Waals surface area contributed by atoms with Gasteiger partial charge in [0.2, 0.25) is 0 Å². The molecule has 0 aromatic rings. The van der Waals surface area contributed by atoms with E-state index in [4.69, 9.17) is 28.4 Å². The maximum Gasteiger partial charge on any atom is 0.303 e. The standard InChI is InChI=1S/C33H53BrO9/c1-20(35)38-26(32(8)18-15-25(42-32)30(5,6)40-21(2)36)12-10-22(37)23-11-13-27-31(7,41-23)19-16-28(39-27)33(9)17-14-24(34)29(3,4)43-33/h10,12,22-28,37H,11,13-19H2,1-9H3/b12-10+/t22?,23-,24-,25-,26+,27-,28-,31+,32-,33+/m1/s1. The fourth-order valence-electron chi connectivity index (χ4n) is 7.49. The molecule has 0 spiro atoms. The van der Waals surface area contributed by atoms with Crippen molar-refractivity contribution in [1.82, 2.24) is 0 Å². The first-order valence-electron chi connectivity index (χ1n) is 15.9. The van der Waals surface area contributed by atoms with Crippen molar-refractivity contribution in [1.29, 1.82) is 0 Å². The van der Waals surface area contributed by atoms with Crippen LogP contribution >= 0.6 is 15.9 Å². The van der Waals surface area contributed by atoms with E-state index in [9.17, 15) is 14.7 Å². The van der Waals surface area contributed by atoms with Gasteiger partial charge in [0.1, 0.15) is 17.3 Å². The molecule has 10 heteroatoms. The fourth-order valence-corrected chi connectivity index (χ4v) is 7.81. The molecule has 0 amide bonds. The molecule has 1 unspecified atom stereocenters. The molecule has 4 saturated heterocycles. The van der Waals surface area contributed by atoms with Crippen molar-refractivity contribution < 1.29 is 43.1 Å². The van der Waals surface area contributed by atoms with Crippen LogP contribution in [0.1, 0.15) is 114 Å². The van der Waals surface area contributed by atoms with Crippen LogP contribution in [0, 0.1) is 0 Å². The Hall–Kier alpha value is -1.04. The molecule has 4 aliphatic rings. The second kappa shape index (κ2) is 12.6. The lowest BCUT2D eigenvalue weighted by atomic mass is 9.76. The van der Waals surface area contributed by atoms with Gasteiger partial charge in [-0.05, 0) is 106 Å². The minimum atomic E-state index is -0.900. The van der Waals surface area contributed by atoms with Crippen molar-refractivity contribution in [3.05, 3.63) is 12.2 Å². The molecule has 4 heterocycles. The molecule has 4 aliphatic heterocycles. The lowest BCUT2D eigenvalue weighted by Crippen LogP contribution is -2.62. The number of aliphatic hydroxyl groups excluding tert-OH is 1. The van der Waals surface area contributed by atoms with Crippen LogP contribution in [0.5, 0.6) is 0 Å². The number of ether oxygens (including phenoxy) is 6. The van der Waals surface area contributed by atoms with E-state index in [1.165, 1.54) is 13.8 Å². The number of carbonyl (C=O) groups excluding carboxylic acids is 2. The first kappa shape index (κ1) is 34.8. The van der Waals surface area contributed by atoms with Gasteiger partial charge in [0, 0.05) is 18.7 Å².